The van der Waals surface area contributed by atoms with Gasteiger partial charge in [0.25, 0.3) is 0 Å². The predicted octanol–water partition coefficient (Wildman–Crippen LogP) is 3.74. The minimum Gasteiger partial charge on any atom is -0.490 e. The summed E-state index contributed by atoms with van der Waals surface area (Å²) in [6.07, 6.45) is 1.81. The SMILES string of the molecule is CN1CCC(Oc2cc(F)cc(F)c2C(C)(C)C)CC1. The van der Waals surface area contributed by atoms with Crippen molar-refractivity contribution >= 4 is 0 Å². The highest BCUT2D eigenvalue weighted by atomic mass is 19.1. The molecule has 0 atom stereocenters. The molecule has 2 rings (SSSR count). The van der Waals surface area contributed by atoms with Crippen molar-refractivity contribution in [3.8, 4) is 5.75 Å². The van der Waals surface area contributed by atoms with E-state index < -0.39 is 17.0 Å². The van der Waals surface area contributed by atoms with Crippen LogP contribution in [0.2, 0.25) is 0 Å². The third kappa shape index (κ3) is 3.48. The van der Waals surface area contributed by atoms with E-state index in [1.165, 1.54) is 6.07 Å². The lowest BCUT2D eigenvalue weighted by Gasteiger charge is -2.31. The smallest absolute Gasteiger partial charge is 0.133 e. The number of nitrogens with zero attached hydrogens (tertiary/aromatic N) is 1. The van der Waals surface area contributed by atoms with Gasteiger partial charge in [0.2, 0.25) is 0 Å². The van der Waals surface area contributed by atoms with Crippen molar-refractivity contribution in [2.45, 2.75) is 45.1 Å². The van der Waals surface area contributed by atoms with Crippen molar-refractivity contribution in [2.24, 2.45) is 0 Å². The number of benzene rings is 1. The number of likely N-dealkylation sites (tertiary alicyclic amines) is 1. The molecule has 0 radical (unpaired) electrons. The predicted molar refractivity (Wildman–Crippen MR) is 76.2 cm³/mol. The molecule has 0 spiro atoms. The third-order valence-electron chi connectivity index (χ3n) is 3.73. The van der Waals surface area contributed by atoms with E-state index in [-0.39, 0.29) is 6.10 Å². The normalized spacial score (nSPS) is 18.3. The fourth-order valence-electron chi connectivity index (χ4n) is 2.65. The van der Waals surface area contributed by atoms with Crippen LogP contribution in [-0.4, -0.2) is 31.1 Å². The monoisotopic (exact) mass is 283 g/mol. The van der Waals surface area contributed by atoms with Gasteiger partial charge >= 0.3 is 0 Å². The van der Waals surface area contributed by atoms with E-state index in [1.807, 2.05) is 20.8 Å². The van der Waals surface area contributed by atoms with Crippen LogP contribution in [-0.2, 0) is 5.41 Å². The maximum Gasteiger partial charge on any atom is 0.133 e. The van der Waals surface area contributed by atoms with Gasteiger partial charge in [0.05, 0.1) is 0 Å². The lowest BCUT2D eigenvalue weighted by Crippen LogP contribution is -2.36. The Labute approximate surface area is 119 Å². The number of rotatable bonds is 2. The summed E-state index contributed by atoms with van der Waals surface area (Å²) in [5, 5.41) is 0. The number of hydrogen-bond donors (Lipinski definition) is 0. The Morgan fingerprint density at radius 1 is 1.15 bits per heavy atom. The summed E-state index contributed by atoms with van der Waals surface area (Å²) in [6.45, 7) is 7.63. The van der Waals surface area contributed by atoms with Gasteiger partial charge in [0.1, 0.15) is 23.5 Å². The highest BCUT2D eigenvalue weighted by Gasteiger charge is 2.27. The summed E-state index contributed by atoms with van der Waals surface area (Å²) in [5.41, 5.74) is 0.0382. The van der Waals surface area contributed by atoms with Crippen LogP contribution in [0.1, 0.15) is 39.2 Å². The van der Waals surface area contributed by atoms with Crippen LogP contribution >= 0.6 is 0 Å². The highest BCUT2D eigenvalue weighted by Crippen LogP contribution is 2.35. The Bertz CT molecular complexity index is 474. The summed E-state index contributed by atoms with van der Waals surface area (Å²) in [7, 11) is 2.07. The Kier molecular flexibility index (Phi) is 4.33. The summed E-state index contributed by atoms with van der Waals surface area (Å²) in [4.78, 5) is 2.23. The molecule has 0 aromatic heterocycles. The molecule has 0 unspecified atom stereocenters. The number of ether oxygens (including phenoxy) is 1. The Hall–Kier alpha value is -1.16. The molecule has 4 heteroatoms. The lowest BCUT2D eigenvalue weighted by molar-refractivity contribution is 0.111. The fraction of sp³-hybridized carbons (Fsp3) is 0.625. The van der Waals surface area contributed by atoms with E-state index in [4.69, 9.17) is 4.74 Å². The minimum atomic E-state index is -0.585. The first-order chi connectivity index (χ1) is 9.27. The van der Waals surface area contributed by atoms with Crippen LogP contribution in [0.15, 0.2) is 12.1 Å². The van der Waals surface area contributed by atoms with Crippen LogP contribution in [0.4, 0.5) is 8.78 Å². The average molecular weight is 283 g/mol. The first-order valence-corrected chi connectivity index (χ1v) is 7.12. The molecule has 2 nitrogen and oxygen atoms in total. The topological polar surface area (TPSA) is 12.5 Å². The summed E-state index contributed by atoms with van der Waals surface area (Å²) >= 11 is 0. The van der Waals surface area contributed by atoms with Gasteiger partial charge in [-0.15, -0.1) is 0 Å². The van der Waals surface area contributed by atoms with Crippen molar-refractivity contribution in [3.05, 3.63) is 29.3 Å². The molecule has 1 aliphatic rings. The second-order valence-corrected chi connectivity index (χ2v) is 6.63. The first kappa shape index (κ1) is 15.2. The van der Waals surface area contributed by atoms with Gasteiger partial charge in [0.15, 0.2) is 0 Å². The Morgan fingerprint density at radius 3 is 2.30 bits per heavy atom. The van der Waals surface area contributed by atoms with E-state index in [9.17, 15) is 8.78 Å². The molecule has 20 heavy (non-hydrogen) atoms. The maximum atomic E-state index is 14.1. The quantitative estimate of drug-likeness (QED) is 0.820. The molecular formula is C16H23F2NO. The lowest BCUT2D eigenvalue weighted by atomic mass is 9.85. The summed E-state index contributed by atoms with van der Waals surface area (Å²) in [5.74, 6) is -0.761. The Morgan fingerprint density at radius 2 is 1.75 bits per heavy atom. The standard InChI is InChI=1S/C16H23F2NO/c1-16(2,3)15-13(18)9-11(17)10-14(15)20-12-5-7-19(4)8-6-12/h9-10,12H,5-8H2,1-4H3. The molecule has 1 saturated heterocycles. The van der Waals surface area contributed by atoms with E-state index in [2.05, 4.69) is 11.9 Å². The van der Waals surface area contributed by atoms with Crippen LogP contribution in [0.5, 0.6) is 5.75 Å². The number of hydrogen-bond acceptors (Lipinski definition) is 2. The molecule has 0 aliphatic carbocycles. The van der Waals surface area contributed by atoms with Crippen LogP contribution in [0.3, 0.4) is 0 Å². The van der Waals surface area contributed by atoms with Crippen molar-refractivity contribution in [1.29, 1.82) is 0 Å². The van der Waals surface area contributed by atoms with Gasteiger partial charge in [-0.05, 0) is 25.3 Å². The number of piperidine rings is 1. The highest BCUT2D eigenvalue weighted by molar-refractivity contribution is 5.40. The molecule has 1 fully saturated rings. The zero-order valence-electron chi connectivity index (χ0n) is 12.7. The van der Waals surface area contributed by atoms with E-state index in [1.54, 1.807) is 0 Å². The van der Waals surface area contributed by atoms with Crippen molar-refractivity contribution in [1.82, 2.24) is 4.90 Å². The summed E-state index contributed by atoms with van der Waals surface area (Å²) < 4.78 is 33.5. The molecule has 1 aromatic carbocycles. The molecule has 0 bridgehead atoms. The van der Waals surface area contributed by atoms with Crippen LogP contribution in [0, 0.1) is 11.6 Å². The largest absolute Gasteiger partial charge is 0.490 e. The molecule has 0 amide bonds. The molecule has 112 valence electrons. The van der Waals surface area contributed by atoms with Gasteiger partial charge < -0.3 is 9.64 Å². The van der Waals surface area contributed by atoms with Gasteiger partial charge in [-0.3, -0.25) is 0 Å². The Balaban J connectivity index is 2.26. The second kappa shape index (κ2) is 5.68. The van der Waals surface area contributed by atoms with Gasteiger partial charge in [0, 0.05) is 30.8 Å². The molecule has 1 aromatic rings. The summed E-state index contributed by atoms with van der Waals surface area (Å²) in [6, 6.07) is 2.24. The van der Waals surface area contributed by atoms with E-state index in [0.29, 0.717) is 11.3 Å². The fourth-order valence-corrected chi connectivity index (χ4v) is 2.65. The molecule has 1 heterocycles. The number of halogens is 2. The van der Waals surface area contributed by atoms with Crippen molar-refractivity contribution in [3.63, 3.8) is 0 Å². The van der Waals surface area contributed by atoms with Gasteiger partial charge in [-0.2, -0.15) is 0 Å². The molecule has 0 N–H and O–H groups in total. The molecular weight excluding hydrogens is 260 g/mol. The zero-order chi connectivity index (χ0) is 14.9. The minimum absolute atomic E-state index is 0.0356. The molecule has 0 saturated carbocycles. The zero-order valence-corrected chi connectivity index (χ0v) is 12.7. The van der Waals surface area contributed by atoms with Crippen LogP contribution < -0.4 is 4.74 Å². The average Bonchev–Trinajstić information content (AvgIpc) is 2.29. The van der Waals surface area contributed by atoms with Crippen molar-refractivity contribution < 1.29 is 13.5 Å². The van der Waals surface area contributed by atoms with Crippen LogP contribution in [0.25, 0.3) is 0 Å². The van der Waals surface area contributed by atoms with Gasteiger partial charge in [-0.1, -0.05) is 20.8 Å². The maximum absolute atomic E-state index is 14.1. The second-order valence-electron chi connectivity index (χ2n) is 6.63. The van der Waals surface area contributed by atoms with E-state index >= 15 is 0 Å². The van der Waals surface area contributed by atoms with E-state index in [0.717, 1.165) is 32.0 Å². The van der Waals surface area contributed by atoms with Crippen molar-refractivity contribution in [2.75, 3.05) is 20.1 Å². The first-order valence-electron chi connectivity index (χ1n) is 7.12. The third-order valence-corrected chi connectivity index (χ3v) is 3.73. The van der Waals surface area contributed by atoms with Gasteiger partial charge in [-0.25, -0.2) is 8.78 Å². The molecule has 1 aliphatic heterocycles.